The summed E-state index contributed by atoms with van der Waals surface area (Å²) in [5.41, 5.74) is 1.15. The highest BCUT2D eigenvalue weighted by Gasteiger charge is 2.23. The van der Waals surface area contributed by atoms with E-state index in [-0.39, 0.29) is 12.1 Å². The molecule has 2 N–H and O–H groups in total. The van der Waals surface area contributed by atoms with Crippen molar-refractivity contribution in [2.75, 3.05) is 18.6 Å². The van der Waals surface area contributed by atoms with Crippen molar-refractivity contribution in [2.24, 2.45) is 0 Å². The SMILES string of the molecule is CN(c1cc[nH]c1)C(C)(C)CCO. The molecule has 0 radical (unpaired) electrons. The molecule has 1 rings (SSSR count). The third-order valence-corrected chi connectivity index (χ3v) is 2.60. The van der Waals surface area contributed by atoms with E-state index in [1.54, 1.807) is 0 Å². The molecule has 0 unspecified atom stereocenters. The number of aliphatic hydroxyl groups is 1. The molecule has 0 amide bonds. The number of rotatable bonds is 4. The molecule has 0 atom stereocenters. The molecular weight excluding hydrogens is 164 g/mol. The largest absolute Gasteiger partial charge is 0.396 e. The van der Waals surface area contributed by atoms with Crippen LogP contribution in [-0.4, -0.2) is 29.3 Å². The van der Waals surface area contributed by atoms with Gasteiger partial charge in [-0.05, 0) is 26.3 Å². The van der Waals surface area contributed by atoms with Crippen LogP contribution in [0.25, 0.3) is 0 Å². The van der Waals surface area contributed by atoms with Crippen LogP contribution in [-0.2, 0) is 0 Å². The molecule has 3 heteroatoms. The van der Waals surface area contributed by atoms with Crippen LogP contribution in [0.5, 0.6) is 0 Å². The van der Waals surface area contributed by atoms with Crippen molar-refractivity contribution in [3.63, 3.8) is 0 Å². The number of H-pyrrole nitrogens is 1. The normalized spacial score (nSPS) is 11.7. The fourth-order valence-corrected chi connectivity index (χ4v) is 1.31. The van der Waals surface area contributed by atoms with E-state index >= 15 is 0 Å². The van der Waals surface area contributed by atoms with Crippen molar-refractivity contribution >= 4 is 5.69 Å². The fraction of sp³-hybridized carbons (Fsp3) is 0.600. The van der Waals surface area contributed by atoms with Crippen molar-refractivity contribution in [3.8, 4) is 0 Å². The minimum absolute atomic E-state index is 0.00303. The minimum atomic E-state index is -0.00303. The highest BCUT2D eigenvalue weighted by atomic mass is 16.3. The summed E-state index contributed by atoms with van der Waals surface area (Å²) in [7, 11) is 2.04. The Kier molecular flexibility index (Phi) is 2.98. The summed E-state index contributed by atoms with van der Waals surface area (Å²) in [6.07, 6.45) is 4.63. The summed E-state index contributed by atoms with van der Waals surface area (Å²) in [6, 6.07) is 2.03. The molecular formula is C10H18N2O. The number of aliphatic hydroxyl groups excluding tert-OH is 1. The average Bonchev–Trinajstić information content (AvgIpc) is 2.54. The van der Waals surface area contributed by atoms with E-state index in [9.17, 15) is 0 Å². The van der Waals surface area contributed by atoms with Crippen LogP contribution in [0, 0.1) is 0 Å². The van der Waals surface area contributed by atoms with E-state index in [2.05, 4.69) is 23.7 Å². The maximum absolute atomic E-state index is 8.91. The van der Waals surface area contributed by atoms with Crippen LogP contribution in [0.4, 0.5) is 5.69 Å². The number of nitrogens with one attached hydrogen (secondary N) is 1. The smallest absolute Gasteiger partial charge is 0.0545 e. The molecule has 0 bridgehead atoms. The minimum Gasteiger partial charge on any atom is -0.396 e. The van der Waals surface area contributed by atoms with E-state index < -0.39 is 0 Å². The Balaban J connectivity index is 2.71. The van der Waals surface area contributed by atoms with Gasteiger partial charge in [0.1, 0.15) is 0 Å². The van der Waals surface area contributed by atoms with E-state index in [0.717, 1.165) is 12.1 Å². The fourth-order valence-electron chi connectivity index (χ4n) is 1.31. The lowest BCUT2D eigenvalue weighted by Crippen LogP contribution is -2.41. The van der Waals surface area contributed by atoms with E-state index in [0.29, 0.717) is 0 Å². The number of nitrogens with zero attached hydrogens (tertiary/aromatic N) is 1. The molecule has 0 aliphatic heterocycles. The Labute approximate surface area is 79.4 Å². The third-order valence-electron chi connectivity index (χ3n) is 2.60. The highest BCUT2D eigenvalue weighted by Crippen LogP contribution is 2.23. The van der Waals surface area contributed by atoms with Gasteiger partial charge in [0, 0.05) is 31.6 Å². The summed E-state index contributed by atoms with van der Waals surface area (Å²) >= 11 is 0. The lowest BCUT2D eigenvalue weighted by atomic mass is 9.99. The van der Waals surface area contributed by atoms with Crippen molar-refractivity contribution in [1.29, 1.82) is 0 Å². The molecule has 1 heterocycles. The van der Waals surface area contributed by atoms with Crippen molar-refractivity contribution in [1.82, 2.24) is 4.98 Å². The number of hydrogen-bond acceptors (Lipinski definition) is 2. The molecule has 3 nitrogen and oxygen atoms in total. The second-order valence-electron chi connectivity index (χ2n) is 3.91. The van der Waals surface area contributed by atoms with Crippen LogP contribution in [0.15, 0.2) is 18.5 Å². The summed E-state index contributed by atoms with van der Waals surface area (Å²) in [6.45, 7) is 4.47. The van der Waals surface area contributed by atoms with E-state index in [4.69, 9.17) is 5.11 Å². The van der Waals surface area contributed by atoms with Crippen LogP contribution < -0.4 is 4.90 Å². The summed E-state index contributed by atoms with van der Waals surface area (Å²) in [4.78, 5) is 5.19. The van der Waals surface area contributed by atoms with Crippen LogP contribution in [0.2, 0.25) is 0 Å². The molecule has 0 saturated carbocycles. The molecule has 74 valence electrons. The summed E-state index contributed by atoms with van der Waals surface area (Å²) in [5.74, 6) is 0. The van der Waals surface area contributed by atoms with Gasteiger partial charge >= 0.3 is 0 Å². The third kappa shape index (κ3) is 2.25. The maximum atomic E-state index is 8.91. The first-order chi connectivity index (χ1) is 6.08. The topological polar surface area (TPSA) is 39.3 Å². The lowest BCUT2D eigenvalue weighted by Gasteiger charge is -2.36. The first kappa shape index (κ1) is 10.1. The Morgan fingerprint density at radius 2 is 2.23 bits per heavy atom. The van der Waals surface area contributed by atoms with Gasteiger partial charge in [0.25, 0.3) is 0 Å². The highest BCUT2D eigenvalue weighted by molar-refractivity contribution is 5.45. The van der Waals surface area contributed by atoms with Gasteiger partial charge in [0.2, 0.25) is 0 Å². The molecule has 1 aromatic rings. The monoisotopic (exact) mass is 182 g/mol. The zero-order valence-corrected chi connectivity index (χ0v) is 8.54. The Morgan fingerprint density at radius 3 is 2.69 bits per heavy atom. The quantitative estimate of drug-likeness (QED) is 0.742. The predicted molar refractivity (Wildman–Crippen MR) is 55.0 cm³/mol. The van der Waals surface area contributed by atoms with Crippen molar-refractivity contribution < 1.29 is 5.11 Å². The van der Waals surface area contributed by atoms with Crippen LogP contribution in [0.3, 0.4) is 0 Å². The van der Waals surface area contributed by atoms with Crippen LogP contribution in [0.1, 0.15) is 20.3 Å². The molecule has 0 aliphatic rings. The number of hydrogen-bond donors (Lipinski definition) is 2. The van der Waals surface area contributed by atoms with Gasteiger partial charge in [-0.15, -0.1) is 0 Å². The summed E-state index contributed by atoms with van der Waals surface area (Å²) in [5, 5.41) is 8.91. The standard InChI is InChI=1S/C10H18N2O/c1-10(2,5-7-13)12(3)9-4-6-11-8-9/h4,6,8,11,13H,5,7H2,1-3H3. The molecule has 0 aromatic carbocycles. The number of anilines is 1. The first-order valence-electron chi connectivity index (χ1n) is 4.55. The first-order valence-corrected chi connectivity index (χ1v) is 4.55. The van der Waals surface area contributed by atoms with Crippen molar-refractivity contribution in [2.45, 2.75) is 25.8 Å². The number of aromatic amines is 1. The van der Waals surface area contributed by atoms with E-state index in [1.807, 2.05) is 25.5 Å². The number of aromatic nitrogens is 1. The molecule has 0 spiro atoms. The Bertz CT molecular complexity index is 241. The molecule has 1 aromatic heterocycles. The van der Waals surface area contributed by atoms with E-state index in [1.165, 1.54) is 0 Å². The van der Waals surface area contributed by atoms with Gasteiger partial charge in [-0.2, -0.15) is 0 Å². The summed E-state index contributed by atoms with van der Waals surface area (Å²) < 4.78 is 0. The second kappa shape index (κ2) is 3.83. The second-order valence-corrected chi connectivity index (χ2v) is 3.91. The molecule has 0 fully saturated rings. The van der Waals surface area contributed by atoms with Gasteiger partial charge < -0.3 is 15.0 Å². The zero-order chi connectivity index (χ0) is 9.90. The predicted octanol–water partition coefficient (Wildman–Crippen LogP) is 1.61. The lowest BCUT2D eigenvalue weighted by molar-refractivity contribution is 0.250. The van der Waals surface area contributed by atoms with Gasteiger partial charge in [0.05, 0.1) is 5.69 Å². The van der Waals surface area contributed by atoms with Crippen molar-refractivity contribution in [3.05, 3.63) is 18.5 Å². The van der Waals surface area contributed by atoms with Gasteiger partial charge in [-0.3, -0.25) is 0 Å². The van der Waals surface area contributed by atoms with Crippen LogP contribution >= 0.6 is 0 Å². The van der Waals surface area contributed by atoms with Gasteiger partial charge in [-0.25, -0.2) is 0 Å². The average molecular weight is 182 g/mol. The Hall–Kier alpha value is -0.960. The maximum Gasteiger partial charge on any atom is 0.0545 e. The van der Waals surface area contributed by atoms with Gasteiger partial charge in [0.15, 0.2) is 0 Å². The molecule has 13 heavy (non-hydrogen) atoms. The Morgan fingerprint density at radius 1 is 1.54 bits per heavy atom. The molecule has 0 aliphatic carbocycles. The van der Waals surface area contributed by atoms with Gasteiger partial charge in [-0.1, -0.05) is 0 Å². The molecule has 0 saturated heterocycles. The zero-order valence-electron chi connectivity index (χ0n) is 8.54.